The number of halogens is 1. The lowest BCUT2D eigenvalue weighted by Gasteiger charge is -2.16. The van der Waals surface area contributed by atoms with Crippen LogP contribution in [0.3, 0.4) is 0 Å². The number of rotatable bonds is 4. The summed E-state index contributed by atoms with van der Waals surface area (Å²) < 4.78 is 1.03. The molecule has 96 valence electrons. The van der Waals surface area contributed by atoms with Crippen LogP contribution in [0.25, 0.3) is 0 Å². The fourth-order valence-electron chi connectivity index (χ4n) is 2.03. The van der Waals surface area contributed by atoms with Gasteiger partial charge in [0.25, 0.3) is 0 Å². The van der Waals surface area contributed by atoms with Gasteiger partial charge in [-0.25, -0.2) is 0 Å². The largest absolute Gasteiger partial charge is 0.366 e. The molecular formula is C16H15BrN2. The predicted octanol–water partition coefficient (Wildman–Crippen LogP) is 4.69. The van der Waals surface area contributed by atoms with Crippen LogP contribution in [0.4, 0.5) is 5.69 Å². The minimum Gasteiger partial charge on any atom is -0.366 e. The molecular weight excluding hydrogens is 300 g/mol. The Labute approximate surface area is 122 Å². The van der Waals surface area contributed by atoms with E-state index in [4.69, 9.17) is 0 Å². The highest BCUT2D eigenvalue weighted by molar-refractivity contribution is 9.10. The third-order valence-corrected chi connectivity index (χ3v) is 3.56. The maximum absolute atomic E-state index is 9.39. The van der Waals surface area contributed by atoms with Crippen molar-refractivity contribution in [3.63, 3.8) is 0 Å². The minimum absolute atomic E-state index is 0.322. The van der Waals surface area contributed by atoms with E-state index >= 15 is 0 Å². The van der Waals surface area contributed by atoms with Crippen LogP contribution in [0.1, 0.15) is 24.1 Å². The number of benzene rings is 2. The molecule has 2 aromatic rings. The molecule has 1 atom stereocenters. The van der Waals surface area contributed by atoms with E-state index in [0.717, 1.165) is 22.1 Å². The van der Waals surface area contributed by atoms with Gasteiger partial charge in [-0.05, 0) is 41.8 Å². The number of hydrogen-bond donors (Lipinski definition) is 1. The summed E-state index contributed by atoms with van der Waals surface area (Å²) in [6.45, 7) is 2.10. The number of anilines is 1. The Bertz CT molecular complexity index is 584. The third kappa shape index (κ3) is 3.36. The Morgan fingerprint density at radius 1 is 1.16 bits per heavy atom. The molecule has 0 aliphatic carbocycles. The second-order valence-corrected chi connectivity index (χ2v) is 5.18. The first-order chi connectivity index (χ1) is 9.24. The molecule has 0 radical (unpaired) electrons. The summed E-state index contributed by atoms with van der Waals surface area (Å²) in [5.74, 6) is 0. The summed E-state index contributed by atoms with van der Waals surface area (Å²) >= 11 is 3.40. The summed E-state index contributed by atoms with van der Waals surface area (Å²) in [4.78, 5) is 0. The van der Waals surface area contributed by atoms with Crippen molar-refractivity contribution in [2.24, 2.45) is 0 Å². The van der Waals surface area contributed by atoms with Gasteiger partial charge in [-0.15, -0.1) is 0 Å². The Morgan fingerprint density at radius 3 is 2.47 bits per heavy atom. The standard InChI is InChI=1S/C16H15BrN2/c1-2-12-5-3-4-6-15(12)16(11-18)19-14-9-7-13(17)8-10-14/h3-10,16,19H,2H2,1H3. The van der Waals surface area contributed by atoms with E-state index in [9.17, 15) is 5.26 Å². The first kappa shape index (κ1) is 13.6. The van der Waals surface area contributed by atoms with E-state index in [2.05, 4.69) is 40.3 Å². The molecule has 2 rings (SSSR count). The lowest BCUT2D eigenvalue weighted by atomic mass is 9.99. The van der Waals surface area contributed by atoms with Crippen LogP contribution < -0.4 is 5.32 Å². The van der Waals surface area contributed by atoms with E-state index in [1.807, 2.05) is 42.5 Å². The van der Waals surface area contributed by atoms with Gasteiger partial charge in [0, 0.05) is 10.2 Å². The minimum atomic E-state index is -0.322. The Morgan fingerprint density at radius 2 is 1.84 bits per heavy atom. The van der Waals surface area contributed by atoms with Crippen LogP contribution in [0.15, 0.2) is 53.0 Å². The maximum Gasteiger partial charge on any atom is 0.140 e. The van der Waals surface area contributed by atoms with Crippen molar-refractivity contribution in [3.05, 3.63) is 64.1 Å². The van der Waals surface area contributed by atoms with E-state index in [1.165, 1.54) is 5.56 Å². The van der Waals surface area contributed by atoms with Gasteiger partial charge in [-0.1, -0.05) is 47.1 Å². The molecule has 1 unspecified atom stereocenters. The molecule has 3 heteroatoms. The van der Waals surface area contributed by atoms with Crippen LogP contribution in [0.5, 0.6) is 0 Å². The van der Waals surface area contributed by atoms with Crippen LogP contribution >= 0.6 is 15.9 Å². The van der Waals surface area contributed by atoms with Crippen molar-refractivity contribution in [1.29, 1.82) is 5.26 Å². The van der Waals surface area contributed by atoms with Crippen LogP contribution in [0.2, 0.25) is 0 Å². The zero-order valence-electron chi connectivity index (χ0n) is 10.7. The number of nitriles is 1. The summed E-state index contributed by atoms with van der Waals surface area (Å²) in [6.07, 6.45) is 0.927. The molecule has 0 aromatic heterocycles. The molecule has 2 aromatic carbocycles. The van der Waals surface area contributed by atoms with Gasteiger partial charge in [0.05, 0.1) is 6.07 Å². The number of nitrogens with zero attached hydrogens (tertiary/aromatic N) is 1. The van der Waals surface area contributed by atoms with E-state index < -0.39 is 0 Å². The molecule has 1 N–H and O–H groups in total. The maximum atomic E-state index is 9.39. The average Bonchev–Trinajstić information content (AvgIpc) is 2.46. The second-order valence-electron chi connectivity index (χ2n) is 4.27. The molecule has 0 amide bonds. The molecule has 0 aliphatic heterocycles. The Hall–Kier alpha value is -1.79. The Balaban J connectivity index is 2.25. The Kier molecular flexibility index (Phi) is 4.59. The third-order valence-electron chi connectivity index (χ3n) is 3.03. The fraction of sp³-hybridized carbons (Fsp3) is 0.188. The highest BCUT2D eigenvalue weighted by Crippen LogP contribution is 2.23. The SMILES string of the molecule is CCc1ccccc1C(C#N)Nc1ccc(Br)cc1. The van der Waals surface area contributed by atoms with Gasteiger partial charge in [-0.3, -0.25) is 0 Å². The molecule has 0 bridgehead atoms. The molecule has 0 heterocycles. The molecule has 2 nitrogen and oxygen atoms in total. The molecule has 0 saturated heterocycles. The van der Waals surface area contributed by atoms with Crippen molar-refractivity contribution in [2.45, 2.75) is 19.4 Å². The van der Waals surface area contributed by atoms with E-state index in [1.54, 1.807) is 0 Å². The molecule has 0 aliphatic rings. The molecule has 0 spiro atoms. The summed E-state index contributed by atoms with van der Waals surface area (Å²) in [6, 6.07) is 17.9. The average molecular weight is 315 g/mol. The number of hydrogen-bond acceptors (Lipinski definition) is 2. The van der Waals surface area contributed by atoms with Crippen molar-refractivity contribution in [2.75, 3.05) is 5.32 Å². The molecule has 19 heavy (non-hydrogen) atoms. The van der Waals surface area contributed by atoms with Gasteiger partial charge in [0.15, 0.2) is 0 Å². The van der Waals surface area contributed by atoms with Gasteiger partial charge in [0.1, 0.15) is 6.04 Å². The lowest BCUT2D eigenvalue weighted by molar-refractivity contribution is 0.954. The van der Waals surface area contributed by atoms with Crippen molar-refractivity contribution in [3.8, 4) is 6.07 Å². The fourth-order valence-corrected chi connectivity index (χ4v) is 2.29. The number of nitrogens with one attached hydrogen (secondary N) is 1. The van der Waals surface area contributed by atoms with Gasteiger partial charge in [0.2, 0.25) is 0 Å². The van der Waals surface area contributed by atoms with Crippen molar-refractivity contribution < 1.29 is 0 Å². The second kappa shape index (κ2) is 6.40. The first-order valence-corrected chi connectivity index (χ1v) is 7.03. The highest BCUT2D eigenvalue weighted by atomic mass is 79.9. The van der Waals surface area contributed by atoms with Crippen molar-refractivity contribution >= 4 is 21.6 Å². The molecule has 0 saturated carbocycles. The number of aryl methyl sites for hydroxylation is 1. The first-order valence-electron chi connectivity index (χ1n) is 6.24. The molecule has 0 fully saturated rings. The lowest BCUT2D eigenvalue weighted by Crippen LogP contribution is -2.10. The van der Waals surface area contributed by atoms with Crippen molar-refractivity contribution in [1.82, 2.24) is 0 Å². The van der Waals surface area contributed by atoms with Gasteiger partial charge in [-0.2, -0.15) is 5.26 Å². The zero-order chi connectivity index (χ0) is 13.7. The monoisotopic (exact) mass is 314 g/mol. The highest BCUT2D eigenvalue weighted by Gasteiger charge is 2.13. The van der Waals surface area contributed by atoms with Crippen LogP contribution in [-0.4, -0.2) is 0 Å². The van der Waals surface area contributed by atoms with E-state index in [0.29, 0.717) is 0 Å². The van der Waals surface area contributed by atoms with Gasteiger partial charge < -0.3 is 5.32 Å². The summed E-state index contributed by atoms with van der Waals surface area (Å²) in [5, 5.41) is 12.7. The normalized spacial score (nSPS) is 11.6. The van der Waals surface area contributed by atoms with Gasteiger partial charge >= 0.3 is 0 Å². The van der Waals surface area contributed by atoms with Crippen LogP contribution in [-0.2, 0) is 6.42 Å². The quantitative estimate of drug-likeness (QED) is 0.888. The summed E-state index contributed by atoms with van der Waals surface area (Å²) in [7, 11) is 0. The summed E-state index contributed by atoms with van der Waals surface area (Å²) in [5.41, 5.74) is 3.20. The smallest absolute Gasteiger partial charge is 0.140 e. The predicted molar refractivity (Wildman–Crippen MR) is 81.9 cm³/mol. The topological polar surface area (TPSA) is 35.8 Å². The van der Waals surface area contributed by atoms with Crippen LogP contribution in [0, 0.1) is 11.3 Å². The zero-order valence-corrected chi connectivity index (χ0v) is 12.3. The van der Waals surface area contributed by atoms with E-state index in [-0.39, 0.29) is 6.04 Å².